The third-order valence-electron chi connectivity index (χ3n) is 5.86. The van der Waals surface area contributed by atoms with Gasteiger partial charge in [-0.25, -0.2) is 0 Å². The Morgan fingerprint density at radius 2 is 1.90 bits per heavy atom. The molecule has 0 spiro atoms. The molecule has 6 nitrogen and oxygen atoms in total. The highest BCUT2D eigenvalue weighted by Gasteiger charge is 2.44. The summed E-state index contributed by atoms with van der Waals surface area (Å²) < 4.78 is 5.72. The minimum atomic E-state index is -0.577. The highest BCUT2D eigenvalue weighted by atomic mass is 16.5. The van der Waals surface area contributed by atoms with Crippen LogP contribution in [0.3, 0.4) is 0 Å². The van der Waals surface area contributed by atoms with Crippen LogP contribution in [0.4, 0.5) is 5.69 Å². The van der Waals surface area contributed by atoms with Crippen molar-refractivity contribution < 1.29 is 19.4 Å². The molecule has 2 unspecified atom stereocenters. The molecular weight excluding hydrogens is 368 g/mol. The van der Waals surface area contributed by atoms with Crippen molar-refractivity contribution in [2.45, 2.75) is 52.7 Å². The first-order chi connectivity index (χ1) is 13.9. The first-order valence-corrected chi connectivity index (χ1v) is 10.6. The summed E-state index contributed by atoms with van der Waals surface area (Å²) >= 11 is 0. The van der Waals surface area contributed by atoms with Crippen LogP contribution in [0.5, 0.6) is 0 Å². The number of hydrogen-bond donors (Lipinski definition) is 1. The molecule has 1 aromatic rings. The largest absolute Gasteiger partial charge is 0.503 e. The van der Waals surface area contributed by atoms with E-state index in [9.17, 15) is 14.7 Å². The molecule has 6 heteroatoms. The number of rotatable bonds is 8. The maximum absolute atomic E-state index is 12.9. The zero-order chi connectivity index (χ0) is 21.1. The van der Waals surface area contributed by atoms with Crippen molar-refractivity contribution in [3.63, 3.8) is 0 Å². The molecule has 1 saturated heterocycles. The van der Waals surface area contributed by atoms with Gasteiger partial charge in [0.15, 0.2) is 11.5 Å². The third kappa shape index (κ3) is 4.17. The molecule has 1 amide bonds. The monoisotopic (exact) mass is 400 g/mol. The van der Waals surface area contributed by atoms with E-state index in [-0.39, 0.29) is 23.4 Å². The van der Waals surface area contributed by atoms with Crippen LogP contribution in [0.15, 0.2) is 35.6 Å². The van der Waals surface area contributed by atoms with E-state index in [1.807, 2.05) is 24.3 Å². The summed E-state index contributed by atoms with van der Waals surface area (Å²) in [6, 6.07) is 7.38. The number of benzene rings is 1. The van der Waals surface area contributed by atoms with Crippen molar-refractivity contribution in [3.05, 3.63) is 41.2 Å². The smallest absolute Gasteiger partial charge is 0.290 e. The Kier molecular flexibility index (Phi) is 6.63. The number of Topliss-reactive ketones (excluding diaryl/α,β-unsaturated/α-hetero) is 1. The Morgan fingerprint density at radius 1 is 1.24 bits per heavy atom. The van der Waals surface area contributed by atoms with Crippen molar-refractivity contribution in [1.29, 1.82) is 0 Å². The van der Waals surface area contributed by atoms with Crippen molar-refractivity contribution in [2.75, 3.05) is 31.1 Å². The molecule has 0 radical (unpaired) electrons. The van der Waals surface area contributed by atoms with Gasteiger partial charge in [0.25, 0.3) is 5.91 Å². The van der Waals surface area contributed by atoms with Crippen molar-refractivity contribution in [3.8, 4) is 0 Å². The van der Waals surface area contributed by atoms with E-state index < -0.39 is 17.7 Å². The first-order valence-electron chi connectivity index (χ1n) is 10.6. The summed E-state index contributed by atoms with van der Waals surface area (Å²) in [6.07, 6.45) is 1.79. The second-order valence-corrected chi connectivity index (χ2v) is 8.04. The van der Waals surface area contributed by atoms with Gasteiger partial charge >= 0.3 is 0 Å². The van der Waals surface area contributed by atoms with E-state index >= 15 is 0 Å². The summed E-state index contributed by atoms with van der Waals surface area (Å²) in [7, 11) is 0. The minimum absolute atomic E-state index is 0.0577. The van der Waals surface area contributed by atoms with E-state index in [0.29, 0.717) is 13.2 Å². The molecule has 0 saturated carbocycles. The molecule has 2 aliphatic heterocycles. The maximum atomic E-state index is 12.9. The number of carbonyl (C=O) groups is 2. The fourth-order valence-electron chi connectivity index (χ4n) is 4.22. The molecule has 0 bridgehead atoms. The molecule has 1 fully saturated rings. The van der Waals surface area contributed by atoms with Crippen molar-refractivity contribution >= 4 is 17.4 Å². The van der Waals surface area contributed by atoms with Gasteiger partial charge < -0.3 is 19.6 Å². The van der Waals surface area contributed by atoms with Crippen LogP contribution in [-0.2, 0) is 14.3 Å². The zero-order valence-corrected chi connectivity index (χ0v) is 17.9. The van der Waals surface area contributed by atoms with Gasteiger partial charge in [0, 0.05) is 37.8 Å². The average molecular weight is 401 g/mol. The Balaban J connectivity index is 1.98. The lowest BCUT2D eigenvalue weighted by Crippen LogP contribution is -2.37. The Hall–Kier alpha value is -2.34. The van der Waals surface area contributed by atoms with E-state index in [2.05, 4.69) is 18.7 Å². The standard InChI is InChI=1S/C23H32N2O4/c1-5-24(6-2)17-11-9-16(10-12-17)20-19(21(26)15(3)4)22(27)23(28)25(20)14-18-8-7-13-29-18/h9-12,15,18,20,27H,5-8,13-14H2,1-4H3. The molecule has 29 heavy (non-hydrogen) atoms. The number of amides is 1. The van der Waals surface area contributed by atoms with Crippen LogP contribution in [0.25, 0.3) is 0 Å². The van der Waals surface area contributed by atoms with Gasteiger partial charge in [0.1, 0.15) is 0 Å². The van der Waals surface area contributed by atoms with E-state index in [4.69, 9.17) is 4.74 Å². The Morgan fingerprint density at radius 3 is 2.41 bits per heavy atom. The summed E-state index contributed by atoms with van der Waals surface area (Å²) in [4.78, 5) is 29.6. The second kappa shape index (κ2) is 8.99. The predicted octanol–water partition coefficient (Wildman–Crippen LogP) is 3.63. The highest BCUT2D eigenvalue weighted by molar-refractivity contribution is 6.09. The van der Waals surface area contributed by atoms with Gasteiger partial charge in [-0.3, -0.25) is 9.59 Å². The topological polar surface area (TPSA) is 70.1 Å². The van der Waals surface area contributed by atoms with E-state index in [1.54, 1.807) is 18.7 Å². The van der Waals surface area contributed by atoms with Gasteiger partial charge in [0.2, 0.25) is 0 Å². The Bertz CT molecular complexity index is 775. The number of anilines is 1. The average Bonchev–Trinajstić information content (AvgIpc) is 3.31. The molecule has 3 rings (SSSR count). The van der Waals surface area contributed by atoms with Gasteiger partial charge in [-0.05, 0) is 44.4 Å². The van der Waals surface area contributed by atoms with Crippen LogP contribution in [-0.4, -0.2) is 54.0 Å². The van der Waals surface area contributed by atoms with Gasteiger partial charge in [-0.15, -0.1) is 0 Å². The number of ether oxygens (including phenoxy) is 1. The summed E-state index contributed by atoms with van der Waals surface area (Å²) in [5.74, 6) is -1.40. The van der Waals surface area contributed by atoms with Crippen LogP contribution in [0.1, 0.15) is 52.1 Å². The normalized spacial score (nSPS) is 22.1. The van der Waals surface area contributed by atoms with Gasteiger partial charge in [-0.2, -0.15) is 0 Å². The minimum Gasteiger partial charge on any atom is -0.503 e. The molecule has 158 valence electrons. The maximum Gasteiger partial charge on any atom is 0.290 e. The van der Waals surface area contributed by atoms with E-state index in [0.717, 1.165) is 37.2 Å². The quantitative estimate of drug-likeness (QED) is 0.722. The predicted molar refractivity (Wildman–Crippen MR) is 113 cm³/mol. The van der Waals surface area contributed by atoms with Crippen LogP contribution < -0.4 is 4.90 Å². The van der Waals surface area contributed by atoms with E-state index in [1.165, 1.54) is 0 Å². The fourth-order valence-corrected chi connectivity index (χ4v) is 4.22. The highest BCUT2D eigenvalue weighted by Crippen LogP contribution is 2.40. The lowest BCUT2D eigenvalue weighted by molar-refractivity contribution is -0.131. The molecular formula is C23H32N2O4. The van der Waals surface area contributed by atoms with Crippen LogP contribution in [0.2, 0.25) is 0 Å². The van der Waals surface area contributed by atoms with Crippen LogP contribution in [0, 0.1) is 5.92 Å². The number of aliphatic hydroxyl groups is 1. The van der Waals surface area contributed by atoms with Crippen molar-refractivity contribution in [2.24, 2.45) is 5.92 Å². The summed E-state index contributed by atoms with van der Waals surface area (Å²) in [6.45, 7) is 10.7. The zero-order valence-electron chi connectivity index (χ0n) is 17.9. The number of ketones is 1. The van der Waals surface area contributed by atoms with Gasteiger partial charge in [0.05, 0.1) is 17.7 Å². The number of hydrogen-bond acceptors (Lipinski definition) is 5. The molecule has 1 N–H and O–H groups in total. The fraction of sp³-hybridized carbons (Fsp3) is 0.565. The lowest BCUT2D eigenvalue weighted by Gasteiger charge is -2.30. The molecule has 0 aliphatic carbocycles. The number of aliphatic hydroxyl groups excluding tert-OH is 1. The third-order valence-corrected chi connectivity index (χ3v) is 5.86. The molecule has 1 aromatic carbocycles. The van der Waals surface area contributed by atoms with Crippen molar-refractivity contribution in [1.82, 2.24) is 4.90 Å². The molecule has 0 aromatic heterocycles. The number of carbonyl (C=O) groups excluding carboxylic acids is 2. The number of nitrogens with zero attached hydrogens (tertiary/aromatic N) is 2. The lowest BCUT2D eigenvalue weighted by atomic mass is 9.91. The SMILES string of the molecule is CCN(CC)c1ccc(C2C(C(=O)C(C)C)=C(O)C(=O)N2CC2CCCO2)cc1. The summed E-state index contributed by atoms with van der Waals surface area (Å²) in [5.41, 5.74) is 2.14. The Labute approximate surface area is 173 Å². The van der Waals surface area contributed by atoms with Gasteiger partial charge in [-0.1, -0.05) is 26.0 Å². The molecule has 2 atom stereocenters. The molecule has 2 heterocycles. The van der Waals surface area contributed by atoms with Crippen LogP contribution >= 0.6 is 0 Å². The second-order valence-electron chi connectivity index (χ2n) is 8.04. The molecule has 2 aliphatic rings. The summed E-state index contributed by atoms with van der Waals surface area (Å²) in [5, 5.41) is 10.6. The first kappa shape index (κ1) is 21.4.